The molecule has 3 nitrogen and oxygen atoms in total. The molecule has 0 saturated carbocycles. The summed E-state index contributed by atoms with van der Waals surface area (Å²) in [6.45, 7) is 0. The number of amides is 1. The van der Waals surface area contributed by atoms with Crippen molar-refractivity contribution in [3.05, 3.63) is 58.1 Å². The van der Waals surface area contributed by atoms with Crippen molar-refractivity contribution >= 4 is 33.2 Å². The van der Waals surface area contributed by atoms with E-state index in [-0.39, 0.29) is 16.9 Å². The summed E-state index contributed by atoms with van der Waals surface area (Å²) in [5.74, 6) is -1.98. The predicted molar refractivity (Wildman–Crippen MR) is 72.9 cm³/mol. The number of benzene rings is 2. The van der Waals surface area contributed by atoms with Gasteiger partial charge in [-0.1, -0.05) is 6.07 Å². The van der Waals surface area contributed by atoms with E-state index in [2.05, 4.69) is 21.2 Å². The summed E-state index contributed by atoms with van der Waals surface area (Å²) in [6.07, 6.45) is 0. The summed E-state index contributed by atoms with van der Waals surface area (Å²) in [5.41, 5.74) is 5.36. The van der Waals surface area contributed by atoms with E-state index in [4.69, 9.17) is 5.73 Å². The normalized spacial score (nSPS) is 10.3. The maximum atomic E-state index is 13.6. The summed E-state index contributed by atoms with van der Waals surface area (Å²) < 4.78 is 27.1. The SMILES string of the molecule is Nc1ccc(NC(=O)c2c(F)cccc2Br)cc1F. The maximum absolute atomic E-state index is 13.6. The molecule has 0 spiro atoms. The van der Waals surface area contributed by atoms with E-state index in [1.807, 2.05) is 0 Å². The fourth-order valence-corrected chi connectivity index (χ4v) is 2.04. The first-order chi connectivity index (χ1) is 8.99. The van der Waals surface area contributed by atoms with Crippen LogP contribution in [-0.2, 0) is 0 Å². The van der Waals surface area contributed by atoms with Gasteiger partial charge in [0.2, 0.25) is 0 Å². The molecule has 2 rings (SSSR count). The fourth-order valence-electron chi connectivity index (χ4n) is 1.51. The monoisotopic (exact) mass is 326 g/mol. The van der Waals surface area contributed by atoms with Gasteiger partial charge in [0.1, 0.15) is 11.6 Å². The number of nitrogens with two attached hydrogens (primary N) is 1. The third-order valence-electron chi connectivity index (χ3n) is 2.45. The van der Waals surface area contributed by atoms with Crippen molar-refractivity contribution in [2.24, 2.45) is 0 Å². The van der Waals surface area contributed by atoms with E-state index in [0.717, 1.165) is 6.07 Å². The van der Waals surface area contributed by atoms with Crippen molar-refractivity contribution in [2.75, 3.05) is 11.1 Å². The van der Waals surface area contributed by atoms with Crippen molar-refractivity contribution in [3.63, 3.8) is 0 Å². The zero-order valence-electron chi connectivity index (χ0n) is 9.58. The topological polar surface area (TPSA) is 55.1 Å². The van der Waals surface area contributed by atoms with E-state index in [1.54, 1.807) is 6.07 Å². The molecule has 0 aliphatic heterocycles. The molecule has 0 unspecified atom stereocenters. The van der Waals surface area contributed by atoms with Crippen LogP contribution in [0, 0.1) is 11.6 Å². The lowest BCUT2D eigenvalue weighted by molar-refractivity contribution is 0.102. The Balaban J connectivity index is 2.28. The van der Waals surface area contributed by atoms with Crippen LogP contribution in [-0.4, -0.2) is 5.91 Å². The number of hydrogen-bond donors (Lipinski definition) is 2. The molecule has 0 radical (unpaired) electrons. The van der Waals surface area contributed by atoms with Crippen LogP contribution in [0.3, 0.4) is 0 Å². The summed E-state index contributed by atoms with van der Waals surface area (Å²) in [7, 11) is 0. The molecule has 19 heavy (non-hydrogen) atoms. The fraction of sp³-hybridized carbons (Fsp3) is 0. The molecular weight excluding hydrogens is 318 g/mol. The van der Waals surface area contributed by atoms with Crippen molar-refractivity contribution in [3.8, 4) is 0 Å². The molecule has 0 saturated heterocycles. The van der Waals surface area contributed by atoms with Crippen LogP contribution in [0.4, 0.5) is 20.2 Å². The van der Waals surface area contributed by atoms with Gasteiger partial charge in [0, 0.05) is 10.2 Å². The molecular formula is C13H9BrF2N2O. The Kier molecular flexibility index (Phi) is 3.80. The van der Waals surface area contributed by atoms with Gasteiger partial charge in [-0.2, -0.15) is 0 Å². The van der Waals surface area contributed by atoms with Crippen LogP contribution in [0.25, 0.3) is 0 Å². The minimum atomic E-state index is -0.672. The van der Waals surface area contributed by atoms with E-state index < -0.39 is 17.5 Å². The van der Waals surface area contributed by atoms with Gasteiger partial charge in [0.15, 0.2) is 0 Å². The van der Waals surface area contributed by atoms with Crippen LogP contribution in [0.15, 0.2) is 40.9 Å². The van der Waals surface area contributed by atoms with Crippen LogP contribution in [0.5, 0.6) is 0 Å². The zero-order chi connectivity index (χ0) is 14.0. The molecule has 2 aromatic rings. The molecule has 0 heterocycles. The quantitative estimate of drug-likeness (QED) is 0.829. The van der Waals surface area contributed by atoms with Gasteiger partial charge >= 0.3 is 0 Å². The van der Waals surface area contributed by atoms with Crippen LogP contribution in [0.2, 0.25) is 0 Å². The number of hydrogen-bond acceptors (Lipinski definition) is 2. The number of halogens is 3. The number of carbonyl (C=O) groups is 1. The molecule has 1 amide bonds. The van der Waals surface area contributed by atoms with Gasteiger partial charge in [0.05, 0.1) is 11.3 Å². The molecule has 0 bridgehead atoms. The highest BCUT2D eigenvalue weighted by molar-refractivity contribution is 9.10. The Morgan fingerprint density at radius 2 is 1.89 bits per heavy atom. The minimum Gasteiger partial charge on any atom is -0.396 e. The molecule has 2 aromatic carbocycles. The lowest BCUT2D eigenvalue weighted by Gasteiger charge is -2.08. The third-order valence-corrected chi connectivity index (χ3v) is 3.11. The summed E-state index contributed by atoms with van der Waals surface area (Å²) in [4.78, 5) is 11.9. The molecule has 0 atom stereocenters. The van der Waals surface area contributed by atoms with E-state index in [9.17, 15) is 13.6 Å². The predicted octanol–water partition coefficient (Wildman–Crippen LogP) is 3.56. The van der Waals surface area contributed by atoms with E-state index >= 15 is 0 Å². The largest absolute Gasteiger partial charge is 0.396 e. The number of anilines is 2. The van der Waals surface area contributed by atoms with Crippen LogP contribution in [0.1, 0.15) is 10.4 Å². The lowest BCUT2D eigenvalue weighted by atomic mass is 10.2. The molecule has 0 aromatic heterocycles. The number of nitrogen functional groups attached to an aromatic ring is 1. The lowest BCUT2D eigenvalue weighted by Crippen LogP contribution is -2.14. The number of rotatable bonds is 2. The van der Waals surface area contributed by atoms with E-state index in [0.29, 0.717) is 4.47 Å². The first kappa shape index (κ1) is 13.5. The first-order valence-corrected chi connectivity index (χ1v) is 6.08. The minimum absolute atomic E-state index is 0.0231. The van der Waals surface area contributed by atoms with Crippen molar-refractivity contribution in [1.29, 1.82) is 0 Å². The zero-order valence-corrected chi connectivity index (χ0v) is 11.2. The number of nitrogens with one attached hydrogen (secondary N) is 1. The van der Waals surface area contributed by atoms with Gasteiger partial charge < -0.3 is 11.1 Å². The highest BCUT2D eigenvalue weighted by atomic mass is 79.9. The molecule has 0 fully saturated rings. The van der Waals surface area contributed by atoms with Gasteiger partial charge in [-0.05, 0) is 46.3 Å². The van der Waals surface area contributed by atoms with Crippen molar-refractivity contribution in [2.45, 2.75) is 0 Å². The second kappa shape index (κ2) is 5.36. The highest BCUT2D eigenvalue weighted by Gasteiger charge is 2.15. The maximum Gasteiger partial charge on any atom is 0.259 e. The highest BCUT2D eigenvalue weighted by Crippen LogP contribution is 2.22. The van der Waals surface area contributed by atoms with Crippen LogP contribution >= 0.6 is 15.9 Å². The molecule has 6 heteroatoms. The molecule has 3 N–H and O–H groups in total. The molecule has 0 aliphatic rings. The average molecular weight is 327 g/mol. The summed E-state index contributed by atoms with van der Waals surface area (Å²) >= 11 is 3.09. The third kappa shape index (κ3) is 2.90. The van der Waals surface area contributed by atoms with Crippen LogP contribution < -0.4 is 11.1 Å². The summed E-state index contributed by atoms with van der Waals surface area (Å²) in [5, 5.41) is 2.40. The van der Waals surface area contributed by atoms with Gasteiger partial charge in [-0.15, -0.1) is 0 Å². The summed E-state index contributed by atoms with van der Waals surface area (Å²) in [6, 6.07) is 8.01. The smallest absolute Gasteiger partial charge is 0.259 e. The second-order valence-corrected chi connectivity index (χ2v) is 4.64. The van der Waals surface area contributed by atoms with Gasteiger partial charge in [-0.3, -0.25) is 4.79 Å². The van der Waals surface area contributed by atoms with Gasteiger partial charge in [0.25, 0.3) is 5.91 Å². The number of carbonyl (C=O) groups excluding carboxylic acids is 1. The van der Waals surface area contributed by atoms with E-state index in [1.165, 1.54) is 24.3 Å². The standard InChI is InChI=1S/C13H9BrF2N2O/c14-8-2-1-3-9(15)12(8)13(19)18-7-4-5-11(17)10(16)6-7/h1-6H,17H2,(H,18,19). The molecule has 98 valence electrons. The Bertz CT molecular complexity index is 626. The Hall–Kier alpha value is -1.95. The van der Waals surface area contributed by atoms with Crippen molar-refractivity contribution < 1.29 is 13.6 Å². The second-order valence-electron chi connectivity index (χ2n) is 3.79. The molecule has 0 aliphatic carbocycles. The van der Waals surface area contributed by atoms with Crippen molar-refractivity contribution in [1.82, 2.24) is 0 Å². The van der Waals surface area contributed by atoms with Gasteiger partial charge in [-0.25, -0.2) is 8.78 Å². The Morgan fingerprint density at radius 1 is 1.16 bits per heavy atom. The Labute approximate surface area is 116 Å². The first-order valence-electron chi connectivity index (χ1n) is 5.29. The Morgan fingerprint density at radius 3 is 2.53 bits per heavy atom. The average Bonchev–Trinajstić information content (AvgIpc) is 2.33.